The van der Waals surface area contributed by atoms with Gasteiger partial charge in [0.2, 0.25) is 11.8 Å². The van der Waals surface area contributed by atoms with E-state index in [2.05, 4.69) is 17.2 Å². The Kier molecular flexibility index (Phi) is 10.9. The summed E-state index contributed by atoms with van der Waals surface area (Å²) in [6.07, 6.45) is 1.75. The Morgan fingerprint density at radius 1 is 1.41 bits per heavy atom. The van der Waals surface area contributed by atoms with Crippen molar-refractivity contribution in [2.75, 3.05) is 13.1 Å². The summed E-state index contributed by atoms with van der Waals surface area (Å²) in [6, 6.07) is -0.975. The summed E-state index contributed by atoms with van der Waals surface area (Å²) in [5.41, 5.74) is 4.97. The zero-order valence-electron chi connectivity index (χ0n) is 10.0. The summed E-state index contributed by atoms with van der Waals surface area (Å²) in [7, 11) is 0. The molecule has 0 spiro atoms. The van der Waals surface area contributed by atoms with Gasteiger partial charge in [-0.3, -0.25) is 14.4 Å². The van der Waals surface area contributed by atoms with E-state index in [-0.39, 0.29) is 13.1 Å². The van der Waals surface area contributed by atoms with Crippen molar-refractivity contribution >= 4 is 17.8 Å². The molecule has 0 aliphatic rings. The Hall–Kier alpha value is -1.89. The first kappa shape index (κ1) is 17.5. The molecule has 0 aromatic heterocycles. The molecular formula is C10H19N3O4. The van der Waals surface area contributed by atoms with Crippen LogP contribution in [0.4, 0.5) is 0 Å². The Morgan fingerprint density at radius 3 is 2.24 bits per heavy atom. The van der Waals surface area contributed by atoms with Gasteiger partial charge in [0.15, 0.2) is 0 Å². The van der Waals surface area contributed by atoms with Crippen LogP contribution in [-0.2, 0) is 14.4 Å². The van der Waals surface area contributed by atoms with Gasteiger partial charge >= 0.3 is 5.97 Å². The van der Waals surface area contributed by atoms with Crippen molar-refractivity contribution in [3.8, 4) is 0 Å². The smallest absolute Gasteiger partial charge is 0.325 e. The van der Waals surface area contributed by atoms with Gasteiger partial charge in [-0.2, -0.15) is 0 Å². The van der Waals surface area contributed by atoms with Crippen LogP contribution in [0.15, 0.2) is 12.7 Å². The summed E-state index contributed by atoms with van der Waals surface area (Å²) in [4.78, 5) is 31.9. The van der Waals surface area contributed by atoms with E-state index in [9.17, 15) is 14.4 Å². The third-order valence-electron chi connectivity index (χ3n) is 1.38. The fourth-order valence-electron chi connectivity index (χ4n) is 0.605. The van der Waals surface area contributed by atoms with Gasteiger partial charge in [-0.25, -0.2) is 0 Å². The van der Waals surface area contributed by atoms with Crippen molar-refractivity contribution in [2.45, 2.75) is 19.9 Å². The van der Waals surface area contributed by atoms with E-state index in [4.69, 9.17) is 10.8 Å². The van der Waals surface area contributed by atoms with Gasteiger partial charge in [-0.15, -0.1) is 6.58 Å². The molecule has 0 bridgehead atoms. The van der Waals surface area contributed by atoms with Crippen LogP contribution < -0.4 is 16.4 Å². The minimum atomic E-state index is -1.14. The minimum Gasteiger partial charge on any atom is -0.480 e. The number of allylic oxidation sites excluding steroid dienone is 1. The molecule has 0 heterocycles. The number of carbonyl (C=O) groups is 3. The van der Waals surface area contributed by atoms with Gasteiger partial charge < -0.3 is 21.5 Å². The molecular weight excluding hydrogens is 226 g/mol. The van der Waals surface area contributed by atoms with E-state index in [1.807, 2.05) is 6.92 Å². The van der Waals surface area contributed by atoms with E-state index in [0.29, 0.717) is 0 Å². The van der Waals surface area contributed by atoms with E-state index in [1.54, 1.807) is 6.08 Å². The molecule has 0 radical (unpaired) electrons. The lowest BCUT2D eigenvalue weighted by atomic mass is 10.3. The lowest BCUT2D eigenvalue weighted by Crippen LogP contribution is -2.44. The second kappa shape index (κ2) is 10.6. The number of rotatable bonds is 5. The second-order valence-electron chi connectivity index (χ2n) is 3.02. The van der Waals surface area contributed by atoms with E-state index in [0.717, 1.165) is 0 Å². The monoisotopic (exact) mass is 245 g/mol. The molecule has 7 nitrogen and oxygen atoms in total. The standard InChI is InChI=1S/C7H13N3O4.C3H6/c1-4(7(13)14)10-6(12)3-9-5(11)2-8;1-3-2/h4H,2-3,8H2,1H3,(H,9,11)(H,10,12)(H,13,14);3H,1H2,2H3. The zero-order chi connectivity index (χ0) is 13.8. The van der Waals surface area contributed by atoms with Gasteiger partial charge in [0.1, 0.15) is 6.04 Å². The molecule has 5 N–H and O–H groups in total. The summed E-state index contributed by atoms with van der Waals surface area (Å²) < 4.78 is 0. The number of carbonyl (C=O) groups excluding carboxylic acids is 2. The number of carboxylic acids is 1. The maximum Gasteiger partial charge on any atom is 0.325 e. The van der Waals surface area contributed by atoms with Crippen molar-refractivity contribution in [2.24, 2.45) is 5.73 Å². The van der Waals surface area contributed by atoms with Gasteiger partial charge in [-0.05, 0) is 13.8 Å². The third-order valence-corrected chi connectivity index (χ3v) is 1.38. The summed E-state index contributed by atoms with van der Waals surface area (Å²) >= 11 is 0. The lowest BCUT2D eigenvalue weighted by molar-refractivity contribution is -0.141. The molecule has 0 saturated heterocycles. The van der Waals surface area contributed by atoms with Gasteiger partial charge in [0, 0.05) is 0 Å². The molecule has 0 aliphatic heterocycles. The highest BCUT2D eigenvalue weighted by Gasteiger charge is 2.13. The average molecular weight is 245 g/mol. The van der Waals surface area contributed by atoms with Crippen LogP contribution in [0.1, 0.15) is 13.8 Å². The van der Waals surface area contributed by atoms with Crippen molar-refractivity contribution in [3.63, 3.8) is 0 Å². The van der Waals surface area contributed by atoms with Crippen LogP contribution in [0.25, 0.3) is 0 Å². The van der Waals surface area contributed by atoms with Crippen molar-refractivity contribution in [1.29, 1.82) is 0 Å². The van der Waals surface area contributed by atoms with Crippen LogP contribution in [0.5, 0.6) is 0 Å². The maximum atomic E-state index is 10.9. The molecule has 2 amide bonds. The lowest BCUT2D eigenvalue weighted by Gasteiger charge is -2.09. The molecule has 0 rings (SSSR count). The molecule has 0 saturated carbocycles. The highest BCUT2D eigenvalue weighted by atomic mass is 16.4. The first-order chi connectivity index (χ1) is 7.88. The molecule has 98 valence electrons. The fourth-order valence-corrected chi connectivity index (χ4v) is 0.605. The van der Waals surface area contributed by atoms with Crippen LogP contribution >= 0.6 is 0 Å². The number of aliphatic carboxylic acids is 1. The summed E-state index contributed by atoms with van der Waals surface area (Å²) in [5.74, 6) is -2.17. The Morgan fingerprint density at radius 2 is 1.88 bits per heavy atom. The van der Waals surface area contributed by atoms with Gasteiger partial charge in [-0.1, -0.05) is 6.08 Å². The predicted octanol–water partition coefficient (Wildman–Crippen LogP) is -1.16. The Labute approximate surface area is 100 Å². The SMILES string of the molecule is C=CC.CC(NC(=O)CNC(=O)CN)C(=O)O. The molecule has 1 atom stereocenters. The molecule has 17 heavy (non-hydrogen) atoms. The van der Waals surface area contributed by atoms with Crippen LogP contribution in [-0.4, -0.2) is 42.0 Å². The van der Waals surface area contributed by atoms with Gasteiger partial charge in [0.25, 0.3) is 0 Å². The second-order valence-corrected chi connectivity index (χ2v) is 3.02. The minimum absolute atomic E-state index is 0.207. The number of amides is 2. The highest BCUT2D eigenvalue weighted by molar-refractivity contribution is 5.88. The van der Waals surface area contributed by atoms with Crippen LogP contribution in [0.2, 0.25) is 0 Å². The Balaban J connectivity index is 0. The highest BCUT2D eigenvalue weighted by Crippen LogP contribution is 1.80. The largest absolute Gasteiger partial charge is 0.480 e. The van der Waals surface area contributed by atoms with Crippen LogP contribution in [0.3, 0.4) is 0 Å². The number of carboxylic acid groups (broad SMARTS) is 1. The number of hydrogen-bond acceptors (Lipinski definition) is 4. The number of nitrogens with two attached hydrogens (primary N) is 1. The molecule has 0 aliphatic carbocycles. The quantitative estimate of drug-likeness (QED) is 0.455. The normalized spacial score (nSPS) is 10.3. The first-order valence-electron chi connectivity index (χ1n) is 4.95. The van der Waals surface area contributed by atoms with E-state index in [1.165, 1.54) is 6.92 Å². The summed E-state index contributed by atoms with van der Waals surface area (Å²) in [5, 5.41) is 12.8. The average Bonchev–Trinajstić information content (AvgIpc) is 2.26. The maximum absolute atomic E-state index is 10.9. The fraction of sp³-hybridized carbons (Fsp3) is 0.500. The zero-order valence-corrected chi connectivity index (χ0v) is 10.0. The molecule has 7 heteroatoms. The van der Waals surface area contributed by atoms with Crippen molar-refractivity contribution in [3.05, 3.63) is 12.7 Å². The predicted molar refractivity (Wildman–Crippen MR) is 63.2 cm³/mol. The molecule has 0 fully saturated rings. The molecule has 0 aromatic carbocycles. The van der Waals surface area contributed by atoms with E-state index < -0.39 is 23.8 Å². The summed E-state index contributed by atoms with van der Waals surface area (Å²) in [6.45, 7) is 6.10. The first-order valence-corrected chi connectivity index (χ1v) is 4.95. The third kappa shape index (κ3) is 12.0. The van der Waals surface area contributed by atoms with Crippen LogP contribution in [0, 0.1) is 0 Å². The van der Waals surface area contributed by atoms with Gasteiger partial charge in [0.05, 0.1) is 13.1 Å². The number of hydrogen-bond donors (Lipinski definition) is 4. The molecule has 1 unspecified atom stereocenters. The topological polar surface area (TPSA) is 122 Å². The van der Waals surface area contributed by atoms with E-state index >= 15 is 0 Å². The number of nitrogens with one attached hydrogen (secondary N) is 2. The molecule has 0 aromatic rings. The Bertz CT molecular complexity index is 279. The van der Waals surface area contributed by atoms with Crippen molar-refractivity contribution < 1.29 is 19.5 Å². The van der Waals surface area contributed by atoms with Crippen molar-refractivity contribution in [1.82, 2.24) is 10.6 Å².